The lowest BCUT2D eigenvalue weighted by Gasteiger charge is -2.06. The van der Waals surface area contributed by atoms with Crippen LogP contribution < -0.4 is 5.32 Å². The van der Waals surface area contributed by atoms with E-state index in [0.717, 1.165) is 17.5 Å². The summed E-state index contributed by atoms with van der Waals surface area (Å²) in [5.74, 6) is -0.798. The van der Waals surface area contributed by atoms with E-state index >= 15 is 0 Å². The molecule has 1 amide bonds. The maximum Gasteiger partial charge on any atom is 0.405 e. The van der Waals surface area contributed by atoms with E-state index in [0.29, 0.717) is 11.3 Å². The SMILES string of the molecule is Cc1nn(-c2ccccc2)c(C)c1/C=C/C(=O)NCC(F)(F)F. The van der Waals surface area contributed by atoms with E-state index in [1.54, 1.807) is 16.9 Å². The van der Waals surface area contributed by atoms with Crippen LogP contribution in [0.4, 0.5) is 13.2 Å². The van der Waals surface area contributed by atoms with Gasteiger partial charge in [0.25, 0.3) is 0 Å². The first-order chi connectivity index (χ1) is 10.8. The van der Waals surface area contributed by atoms with E-state index in [2.05, 4.69) is 5.10 Å². The molecule has 0 fully saturated rings. The van der Waals surface area contributed by atoms with Gasteiger partial charge in [0.2, 0.25) is 5.91 Å². The number of halogens is 3. The highest BCUT2D eigenvalue weighted by Gasteiger charge is 2.27. The molecular weight excluding hydrogens is 307 g/mol. The second-order valence-corrected chi connectivity index (χ2v) is 5.00. The fourth-order valence-electron chi connectivity index (χ4n) is 2.12. The van der Waals surface area contributed by atoms with Crippen LogP contribution in [0, 0.1) is 13.8 Å². The van der Waals surface area contributed by atoms with Crippen LogP contribution in [0.2, 0.25) is 0 Å². The summed E-state index contributed by atoms with van der Waals surface area (Å²) < 4.78 is 37.9. The molecule has 0 radical (unpaired) electrons. The Morgan fingerprint density at radius 3 is 2.52 bits per heavy atom. The average molecular weight is 323 g/mol. The number of carbonyl (C=O) groups is 1. The van der Waals surface area contributed by atoms with Gasteiger partial charge in [-0.3, -0.25) is 4.79 Å². The van der Waals surface area contributed by atoms with Gasteiger partial charge in [0.15, 0.2) is 0 Å². The topological polar surface area (TPSA) is 46.9 Å². The highest BCUT2D eigenvalue weighted by molar-refractivity contribution is 5.92. The van der Waals surface area contributed by atoms with Gasteiger partial charge in [-0.1, -0.05) is 18.2 Å². The first-order valence-corrected chi connectivity index (χ1v) is 6.92. The molecule has 1 heterocycles. The van der Waals surface area contributed by atoms with Crippen molar-refractivity contribution in [3.05, 3.63) is 53.4 Å². The Morgan fingerprint density at radius 2 is 1.91 bits per heavy atom. The lowest BCUT2D eigenvalue weighted by atomic mass is 10.2. The molecule has 0 atom stereocenters. The minimum absolute atomic E-state index is 0.686. The van der Waals surface area contributed by atoms with E-state index in [-0.39, 0.29) is 0 Å². The van der Waals surface area contributed by atoms with Crippen molar-refractivity contribution in [2.45, 2.75) is 20.0 Å². The molecule has 23 heavy (non-hydrogen) atoms. The fraction of sp³-hybridized carbons (Fsp3) is 0.250. The maximum absolute atomic E-state index is 12.0. The van der Waals surface area contributed by atoms with Gasteiger partial charge < -0.3 is 5.32 Å². The Balaban J connectivity index is 2.17. The Hall–Kier alpha value is -2.57. The van der Waals surface area contributed by atoms with Gasteiger partial charge >= 0.3 is 6.18 Å². The number of aromatic nitrogens is 2. The van der Waals surface area contributed by atoms with Crippen LogP contribution in [-0.2, 0) is 4.79 Å². The van der Waals surface area contributed by atoms with Crippen molar-refractivity contribution in [2.24, 2.45) is 0 Å². The highest BCUT2D eigenvalue weighted by Crippen LogP contribution is 2.19. The number of amides is 1. The molecule has 0 saturated carbocycles. The van der Waals surface area contributed by atoms with Crippen LogP contribution >= 0.6 is 0 Å². The van der Waals surface area contributed by atoms with Gasteiger partial charge in [0.1, 0.15) is 6.54 Å². The molecule has 1 aromatic carbocycles. The van der Waals surface area contributed by atoms with Crippen molar-refractivity contribution in [3.63, 3.8) is 0 Å². The number of hydrogen-bond donors (Lipinski definition) is 1. The summed E-state index contributed by atoms with van der Waals surface area (Å²) >= 11 is 0. The van der Waals surface area contributed by atoms with E-state index in [4.69, 9.17) is 0 Å². The predicted octanol–water partition coefficient (Wildman–Crippen LogP) is 3.18. The molecular formula is C16H16F3N3O. The van der Waals surface area contributed by atoms with Crippen LogP contribution in [0.3, 0.4) is 0 Å². The van der Waals surface area contributed by atoms with Gasteiger partial charge in [-0.15, -0.1) is 0 Å². The Bertz CT molecular complexity index is 718. The number of aryl methyl sites for hydroxylation is 1. The number of para-hydroxylation sites is 1. The van der Waals surface area contributed by atoms with Crippen LogP contribution in [0.25, 0.3) is 11.8 Å². The second kappa shape index (κ2) is 6.68. The summed E-state index contributed by atoms with van der Waals surface area (Å²) in [5, 5.41) is 6.19. The second-order valence-electron chi connectivity index (χ2n) is 5.00. The number of carbonyl (C=O) groups excluding carboxylic acids is 1. The molecule has 0 aliphatic carbocycles. The average Bonchev–Trinajstić information content (AvgIpc) is 2.78. The van der Waals surface area contributed by atoms with E-state index < -0.39 is 18.6 Å². The van der Waals surface area contributed by atoms with Crippen molar-refractivity contribution in [2.75, 3.05) is 6.54 Å². The number of nitrogens with one attached hydrogen (secondary N) is 1. The van der Waals surface area contributed by atoms with Crippen LogP contribution in [0.15, 0.2) is 36.4 Å². The molecule has 1 aromatic heterocycles. The number of benzene rings is 1. The van der Waals surface area contributed by atoms with Gasteiger partial charge in [-0.05, 0) is 32.1 Å². The van der Waals surface area contributed by atoms with Crippen LogP contribution in [0.5, 0.6) is 0 Å². The zero-order valence-corrected chi connectivity index (χ0v) is 12.7. The summed E-state index contributed by atoms with van der Waals surface area (Å²) in [6.07, 6.45) is -1.87. The standard InChI is InChI=1S/C16H16F3N3O/c1-11-14(8-9-15(23)20-10-16(17,18)19)12(2)22(21-11)13-6-4-3-5-7-13/h3-9H,10H2,1-2H3,(H,20,23)/b9-8+. The fourth-order valence-corrected chi connectivity index (χ4v) is 2.12. The van der Waals surface area contributed by atoms with Crippen molar-refractivity contribution in [3.8, 4) is 5.69 Å². The molecule has 1 N–H and O–H groups in total. The Labute approximate surface area is 131 Å². The van der Waals surface area contributed by atoms with Crippen LogP contribution in [-0.4, -0.2) is 28.4 Å². The molecule has 2 aromatic rings. The first kappa shape index (κ1) is 16.8. The summed E-state index contributed by atoms with van der Waals surface area (Å²) in [5.41, 5.74) is 3.06. The minimum atomic E-state index is -4.42. The predicted molar refractivity (Wildman–Crippen MR) is 81.1 cm³/mol. The largest absolute Gasteiger partial charge is 0.405 e. The molecule has 0 aliphatic heterocycles. The van der Waals surface area contributed by atoms with Gasteiger partial charge in [0.05, 0.1) is 11.4 Å². The van der Waals surface area contributed by atoms with Crippen molar-refractivity contribution in [1.29, 1.82) is 0 Å². The van der Waals surface area contributed by atoms with E-state index in [1.165, 1.54) is 6.08 Å². The number of rotatable bonds is 4. The highest BCUT2D eigenvalue weighted by atomic mass is 19.4. The molecule has 0 aliphatic rings. The molecule has 7 heteroatoms. The quantitative estimate of drug-likeness (QED) is 0.879. The summed E-state index contributed by atoms with van der Waals surface area (Å²) in [6, 6.07) is 9.44. The zero-order chi connectivity index (χ0) is 17.0. The molecule has 0 bridgehead atoms. The molecule has 0 unspecified atom stereocenters. The van der Waals surface area contributed by atoms with Crippen molar-refractivity contribution < 1.29 is 18.0 Å². The summed E-state index contributed by atoms with van der Waals surface area (Å²) in [7, 11) is 0. The third kappa shape index (κ3) is 4.45. The Kier molecular flexibility index (Phi) is 4.88. The van der Waals surface area contributed by atoms with Crippen LogP contribution in [0.1, 0.15) is 17.0 Å². The number of alkyl halides is 3. The number of nitrogens with zero attached hydrogens (tertiary/aromatic N) is 2. The molecule has 2 rings (SSSR count). The van der Waals surface area contributed by atoms with Gasteiger partial charge in [-0.2, -0.15) is 18.3 Å². The number of hydrogen-bond acceptors (Lipinski definition) is 2. The van der Waals surface area contributed by atoms with Crippen molar-refractivity contribution in [1.82, 2.24) is 15.1 Å². The summed E-state index contributed by atoms with van der Waals surface area (Å²) in [4.78, 5) is 11.4. The Morgan fingerprint density at radius 1 is 1.26 bits per heavy atom. The molecule has 122 valence electrons. The first-order valence-electron chi connectivity index (χ1n) is 6.92. The minimum Gasteiger partial charge on any atom is -0.343 e. The van der Waals surface area contributed by atoms with Gasteiger partial charge in [0, 0.05) is 17.3 Å². The monoisotopic (exact) mass is 323 g/mol. The van der Waals surface area contributed by atoms with Gasteiger partial charge in [-0.25, -0.2) is 4.68 Å². The summed E-state index contributed by atoms with van der Waals surface area (Å²) in [6.45, 7) is 2.26. The lowest BCUT2D eigenvalue weighted by Crippen LogP contribution is -2.32. The van der Waals surface area contributed by atoms with Crippen molar-refractivity contribution >= 4 is 12.0 Å². The van der Waals surface area contributed by atoms with E-state index in [9.17, 15) is 18.0 Å². The zero-order valence-electron chi connectivity index (χ0n) is 12.7. The third-order valence-electron chi connectivity index (χ3n) is 3.21. The smallest absolute Gasteiger partial charge is 0.343 e. The normalized spacial score (nSPS) is 11.9. The molecule has 0 spiro atoms. The maximum atomic E-state index is 12.0. The third-order valence-corrected chi connectivity index (χ3v) is 3.21. The molecule has 4 nitrogen and oxygen atoms in total. The van der Waals surface area contributed by atoms with E-state index in [1.807, 2.05) is 37.3 Å². The lowest BCUT2D eigenvalue weighted by molar-refractivity contribution is -0.135. The molecule has 0 saturated heterocycles.